The van der Waals surface area contributed by atoms with Crippen LogP contribution in [0.5, 0.6) is 0 Å². The lowest BCUT2D eigenvalue weighted by Gasteiger charge is -1.97. The van der Waals surface area contributed by atoms with Crippen LogP contribution < -0.4 is 0 Å². The van der Waals surface area contributed by atoms with Crippen molar-refractivity contribution in [2.24, 2.45) is 4.99 Å². The van der Waals surface area contributed by atoms with Crippen molar-refractivity contribution in [3.63, 3.8) is 0 Å². The first-order chi connectivity index (χ1) is 7.25. The lowest BCUT2D eigenvalue weighted by Crippen LogP contribution is -1.81. The van der Waals surface area contributed by atoms with Crippen molar-refractivity contribution < 1.29 is 0 Å². The smallest absolute Gasteiger partial charge is 0.0659 e. The minimum absolute atomic E-state index is 1.02. The molecule has 2 rings (SSSR count). The lowest BCUT2D eigenvalue weighted by atomic mass is 10.2. The summed E-state index contributed by atoms with van der Waals surface area (Å²) < 4.78 is 0. The standard InChI is InChI=1S/C13H14N2/c1-10-5-3-4-6-13(10)14-9-12-8-7-11(2)15-12/h3-9,15H,1-2H3. The van der Waals surface area contributed by atoms with Gasteiger partial charge in [-0.15, -0.1) is 0 Å². The molecule has 0 unspecified atom stereocenters. The summed E-state index contributed by atoms with van der Waals surface area (Å²) in [5.41, 5.74) is 4.40. The quantitative estimate of drug-likeness (QED) is 0.716. The highest BCUT2D eigenvalue weighted by Crippen LogP contribution is 2.16. The summed E-state index contributed by atoms with van der Waals surface area (Å²) in [6.07, 6.45) is 1.86. The molecule has 2 nitrogen and oxygen atoms in total. The van der Waals surface area contributed by atoms with Crippen LogP contribution >= 0.6 is 0 Å². The first-order valence-electron chi connectivity index (χ1n) is 5.01. The molecule has 0 bridgehead atoms. The normalized spacial score (nSPS) is 11.1. The largest absolute Gasteiger partial charge is 0.358 e. The molecule has 0 atom stereocenters. The summed E-state index contributed by atoms with van der Waals surface area (Å²) in [6, 6.07) is 12.2. The van der Waals surface area contributed by atoms with Gasteiger partial charge in [-0.2, -0.15) is 0 Å². The van der Waals surface area contributed by atoms with Gasteiger partial charge < -0.3 is 4.98 Å². The molecular weight excluding hydrogens is 184 g/mol. The van der Waals surface area contributed by atoms with Crippen LogP contribution in [0.3, 0.4) is 0 Å². The van der Waals surface area contributed by atoms with Crippen LogP contribution in [0.15, 0.2) is 41.4 Å². The molecule has 15 heavy (non-hydrogen) atoms. The zero-order valence-corrected chi connectivity index (χ0v) is 8.99. The number of hydrogen-bond donors (Lipinski definition) is 1. The number of nitrogens with one attached hydrogen (secondary N) is 1. The number of rotatable bonds is 2. The summed E-state index contributed by atoms with van der Waals surface area (Å²) >= 11 is 0. The minimum atomic E-state index is 1.02. The highest BCUT2D eigenvalue weighted by atomic mass is 14.8. The maximum Gasteiger partial charge on any atom is 0.0659 e. The second-order valence-electron chi connectivity index (χ2n) is 3.64. The summed E-state index contributed by atoms with van der Waals surface area (Å²) in [5.74, 6) is 0. The number of H-pyrrole nitrogens is 1. The molecule has 0 amide bonds. The Labute approximate surface area is 89.7 Å². The van der Waals surface area contributed by atoms with Crippen LogP contribution in [0.1, 0.15) is 17.0 Å². The first-order valence-corrected chi connectivity index (χ1v) is 5.01. The Morgan fingerprint density at radius 2 is 1.87 bits per heavy atom. The molecule has 0 aliphatic carbocycles. The highest BCUT2D eigenvalue weighted by Gasteiger charge is 1.93. The van der Waals surface area contributed by atoms with Crippen LogP contribution in [0.25, 0.3) is 0 Å². The van der Waals surface area contributed by atoms with Crippen molar-refractivity contribution in [1.29, 1.82) is 0 Å². The second-order valence-corrected chi connectivity index (χ2v) is 3.64. The molecule has 0 saturated carbocycles. The van der Waals surface area contributed by atoms with Crippen molar-refractivity contribution in [2.45, 2.75) is 13.8 Å². The maximum atomic E-state index is 4.43. The zero-order valence-electron chi connectivity index (χ0n) is 8.99. The van der Waals surface area contributed by atoms with E-state index in [4.69, 9.17) is 0 Å². The first kappa shape index (κ1) is 9.71. The van der Waals surface area contributed by atoms with Gasteiger partial charge in [-0.3, -0.25) is 4.99 Å². The fraction of sp³-hybridized carbons (Fsp3) is 0.154. The van der Waals surface area contributed by atoms with E-state index in [0.29, 0.717) is 0 Å². The summed E-state index contributed by atoms with van der Waals surface area (Å²) in [6.45, 7) is 4.09. The van der Waals surface area contributed by atoms with Crippen LogP contribution in [-0.4, -0.2) is 11.2 Å². The monoisotopic (exact) mass is 198 g/mol. The van der Waals surface area contributed by atoms with E-state index in [-0.39, 0.29) is 0 Å². The molecule has 0 fully saturated rings. The molecule has 76 valence electrons. The van der Waals surface area contributed by atoms with E-state index in [0.717, 1.165) is 17.1 Å². The molecule has 2 heteroatoms. The Morgan fingerprint density at radius 3 is 2.53 bits per heavy atom. The maximum absolute atomic E-state index is 4.43. The number of hydrogen-bond acceptors (Lipinski definition) is 1. The van der Waals surface area contributed by atoms with Gasteiger partial charge in [0.05, 0.1) is 17.6 Å². The molecule has 0 saturated heterocycles. The average Bonchev–Trinajstić information content (AvgIpc) is 2.63. The van der Waals surface area contributed by atoms with Gasteiger partial charge in [-0.25, -0.2) is 0 Å². The van der Waals surface area contributed by atoms with Crippen molar-refractivity contribution >= 4 is 11.9 Å². The van der Waals surface area contributed by atoms with Gasteiger partial charge in [0.2, 0.25) is 0 Å². The molecule has 1 N–H and O–H groups in total. The number of aromatic amines is 1. The van der Waals surface area contributed by atoms with Gasteiger partial charge in [0.15, 0.2) is 0 Å². The molecule has 1 aromatic carbocycles. The molecular formula is C13H14N2. The third kappa shape index (κ3) is 2.34. The Morgan fingerprint density at radius 1 is 1.07 bits per heavy atom. The molecule has 0 aliphatic rings. The molecule has 0 spiro atoms. The highest BCUT2D eigenvalue weighted by molar-refractivity contribution is 5.80. The van der Waals surface area contributed by atoms with Crippen LogP contribution in [-0.2, 0) is 0 Å². The average molecular weight is 198 g/mol. The second kappa shape index (κ2) is 4.13. The Kier molecular flexibility index (Phi) is 2.68. The number of aromatic nitrogens is 1. The van der Waals surface area contributed by atoms with Gasteiger partial charge in [-0.1, -0.05) is 18.2 Å². The van der Waals surface area contributed by atoms with Gasteiger partial charge in [-0.05, 0) is 37.6 Å². The van der Waals surface area contributed by atoms with Crippen molar-refractivity contribution in [2.75, 3.05) is 0 Å². The Balaban J connectivity index is 2.22. The predicted molar refractivity (Wildman–Crippen MR) is 64.0 cm³/mol. The third-order valence-electron chi connectivity index (χ3n) is 2.31. The van der Waals surface area contributed by atoms with E-state index >= 15 is 0 Å². The number of aryl methyl sites for hydroxylation is 2. The number of aliphatic imine (C=N–C) groups is 1. The van der Waals surface area contributed by atoms with E-state index in [1.807, 2.05) is 43.5 Å². The van der Waals surface area contributed by atoms with E-state index in [9.17, 15) is 0 Å². The molecule has 2 aromatic rings. The zero-order chi connectivity index (χ0) is 10.7. The molecule has 0 radical (unpaired) electrons. The third-order valence-corrected chi connectivity index (χ3v) is 2.31. The fourth-order valence-electron chi connectivity index (χ4n) is 1.45. The van der Waals surface area contributed by atoms with Gasteiger partial charge >= 0.3 is 0 Å². The van der Waals surface area contributed by atoms with Crippen LogP contribution in [0.4, 0.5) is 5.69 Å². The van der Waals surface area contributed by atoms with Gasteiger partial charge in [0.1, 0.15) is 0 Å². The van der Waals surface area contributed by atoms with Crippen molar-refractivity contribution in [1.82, 2.24) is 4.98 Å². The topological polar surface area (TPSA) is 28.1 Å². The minimum Gasteiger partial charge on any atom is -0.358 e. The van der Waals surface area contributed by atoms with Crippen LogP contribution in [0, 0.1) is 13.8 Å². The predicted octanol–water partition coefficient (Wildman–Crippen LogP) is 3.38. The number of benzene rings is 1. The summed E-state index contributed by atoms with van der Waals surface area (Å²) in [5, 5.41) is 0. The van der Waals surface area contributed by atoms with E-state index in [1.165, 1.54) is 5.56 Å². The van der Waals surface area contributed by atoms with E-state index in [1.54, 1.807) is 0 Å². The van der Waals surface area contributed by atoms with Crippen LogP contribution in [0.2, 0.25) is 0 Å². The molecule has 1 heterocycles. The summed E-state index contributed by atoms with van der Waals surface area (Å²) in [7, 11) is 0. The lowest BCUT2D eigenvalue weighted by molar-refractivity contribution is 1.25. The van der Waals surface area contributed by atoms with E-state index < -0.39 is 0 Å². The van der Waals surface area contributed by atoms with Gasteiger partial charge in [0, 0.05) is 5.69 Å². The number of para-hydroxylation sites is 1. The Hall–Kier alpha value is -1.83. The van der Waals surface area contributed by atoms with Crippen molar-refractivity contribution in [3.05, 3.63) is 53.3 Å². The molecule has 1 aromatic heterocycles. The van der Waals surface area contributed by atoms with Crippen molar-refractivity contribution in [3.8, 4) is 0 Å². The SMILES string of the molecule is Cc1ccc(C=Nc2ccccc2C)[nH]1. The Bertz CT molecular complexity index is 481. The number of nitrogens with zero attached hydrogens (tertiary/aromatic N) is 1. The fourth-order valence-corrected chi connectivity index (χ4v) is 1.45. The van der Waals surface area contributed by atoms with Gasteiger partial charge in [0.25, 0.3) is 0 Å². The summed E-state index contributed by atoms with van der Waals surface area (Å²) in [4.78, 5) is 7.65. The van der Waals surface area contributed by atoms with E-state index in [2.05, 4.69) is 23.0 Å². The molecule has 0 aliphatic heterocycles.